The van der Waals surface area contributed by atoms with Gasteiger partial charge >= 0.3 is 0 Å². The second-order valence-electron chi connectivity index (χ2n) is 5.79. The summed E-state index contributed by atoms with van der Waals surface area (Å²) in [6.07, 6.45) is 19.9. The number of carbonyl (C=O) groups excluding carboxylic acids is 1. The van der Waals surface area contributed by atoms with E-state index in [0.717, 1.165) is 19.3 Å². The second kappa shape index (κ2) is 6.01. The average molecular weight is 264 g/mol. The second-order valence-corrected chi connectivity index (χ2v) is 5.79. The van der Waals surface area contributed by atoms with Crippen LogP contribution < -0.4 is 0 Å². The van der Waals surface area contributed by atoms with Gasteiger partial charge in [-0.15, -0.1) is 0 Å². The number of ketones is 1. The van der Waals surface area contributed by atoms with Gasteiger partial charge in [0.15, 0.2) is 5.78 Å². The van der Waals surface area contributed by atoms with Crippen LogP contribution in [0.3, 0.4) is 0 Å². The smallest absolute Gasteiger partial charge is 0.156 e. The molecule has 100 valence electrons. The van der Waals surface area contributed by atoms with Crippen LogP contribution in [0.2, 0.25) is 0 Å². The van der Waals surface area contributed by atoms with Crippen molar-refractivity contribution in [2.75, 3.05) is 0 Å². The number of rotatable bonds is 0. The molecule has 4 aliphatic rings. The highest BCUT2D eigenvalue weighted by atomic mass is 16.3. The maximum Gasteiger partial charge on any atom is 0.156 e. The minimum Gasteiger partial charge on any atom is -0.389 e. The third-order valence-electron chi connectivity index (χ3n) is 4.24. The Bertz CT molecular complexity index is 493. The molecule has 0 aromatic heterocycles. The minimum atomic E-state index is -0.185. The Labute approximate surface area is 124 Å². The molecule has 0 amide bonds. The standard InChI is InChI=1S/C8H10O.C8H8O.2B/c2*9-7-2-5-8(6-7)3-1-4-8;;/h1-3,5,7,9H,4,6H2;1-3,5H,4,6H2;;. The van der Waals surface area contributed by atoms with Crippen LogP contribution in [0.1, 0.15) is 25.7 Å². The van der Waals surface area contributed by atoms with Crippen molar-refractivity contribution in [2.45, 2.75) is 31.8 Å². The fraction of sp³-hybridized carbons (Fsp3) is 0.438. The van der Waals surface area contributed by atoms with Crippen molar-refractivity contribution in [3.8, 4) is 0 Å². The fourth-order valence-corrected chi connectivity index (χ4v) is 2.90. The summed E-state index contributed by atoms with van der Waals surface area (Å²) in [5.41, 5.74) is 0.455. The Morgan fingerprint density at radius 1 is 1.00 bits per heavy atom. The van der Waals surface area contributed by atoms with E-state index < -0.39 is 0 Å². The van der Waals surface area contributed by atoms with Crippen LogP contribution in [0, 0.1) is 10.8 Å². The minimum absolute atomic E-state index is 0. The zero-order valence-electron chi connectivity index (χ0n) is 11.5. The number of allylic oxidation sites excluding steroid dienone is 7. The molecule has 2 nitrogen and oxygen atoms in total. The molecule has 0 aromatic rings. The predicted molar refractivity (Wildman–Crippen MR) is 82.4 cm³/mol. The first kappa shape index (κ1) is 16.8. The molecule has 0 aliphatic heterocycles. The van der Waals surface area contributed by atoms with Crippen molar-refractivity contribution in [1.82, 2.24) is 0 Å². The lowest BCUT2D eigenvalue weighted by atomic mass is 9.76. The van der Waals surface area contributed by atoms with Crippen LogP contribution in [0.25, 0.3) is 0 Å². The van der Waals surface area contributed by atoms with Crippen molar-refractivity contribution in [2.24, 2.45) is 10.8 Å². The summed E-state index contributed by atoms with van der Waals surface area (Å²) in [6, 6.07) is 0. The average Bonchev–Trinajstić information content (AvgIpc) is 2.81. The van der Waals surface area contributed by atoms with Gasteiger partial charge in [0.25, 0.3) is 0 Å². The first-order valence-corrected chi connectivity index (χ1v) is 6.56. The van der Waals surface area contributed by atoms with E-state index >= 15 is 0 Å². The summed E-state index contributed by atoms with van der Waals surface area (Å²) in [5, 5.41) is 9.11. The zero-order valence-corrected chi connectivity index (χ0v) is 11.5. The molecule has 0 fully saturated rings. The molecule has 6 radical (unpaired) electrons. The van der Waals surface area contributed by atoms with Gasteiger partial charge in [0.05, 0.1) is 6.10 Å². The van der Waals surface area contributed by atoms with Crippen LogP contribution in [0.5, 0.6) is 0 Å². The van der Waals surface area contributed by atoms with Gasteiger partial charge in [-0.3, -0.25) is 4.79 Å². The molecule has 4 aliphatic carbocycles. The summed E-state index contributed by atoms with van der Waals surface area (Å²) in [5.74, 6) is 0.277. The van der Waals surface area contributed by atoms with E-state index in [9.17, 15) is 4.79 Å². The summed E-state index contributed by atoms with van der Waals surface area (Å²) >= 11 is 0. The Morgan fingerprint density at radius 3 is 1.80 bits per heavy atom. The predicted octanol–water partition coefficient (Wildman–Crippen LogP) is 1.95. The van der Waals surface area contributed by atoms with Crippen molar-refractivity contribution in [1.29, 1.82) is 0 Å². The highest BCUT2D eigenvalue weighted by molar-refractivity contribution is 5.93. The van der Waals surface area contributed by atoms with Crippen molar-refractivity contribution in [3.63, 3.8) is 0 Å². The molecule has 0 heterocycles. The van der Waals surface area contributed by atoms with Gasteiger partial charge in [0.2, 0.25) is 0 Å². The SMILES string of the molecule is O=C1C=CC2(C=CC2)C1.OC1C=CC2(C=CC2)C1.[B].[B]. The Balaban J connectivity index is 0.000000182. The monoisotopic (exact) mass is 264 g/mol. The van der Waals surface area contributed by atoms with Crippen LogP contribution in [0.15, 0.2) is 48.6 Å². The Kier molecular flexibility index (Phi) is 5.04. The lowest BCUT2D eigenvalue weighted by Gasteiger charge is -2.29. The normalized spacial score (nSPS) is 37.9. The lowest BCUT2D eigenvalue weighted by Crippen LogP contribution is -2.20. The molecule has 1 N–H and O–H groups in total. The van der Waals surface area contributed by atoms with Crippen LogP contribution in [0.4, 0.5) is 0 Å². The van der Waals surface area contributed by atoms with Crippen molar-refractivity contribution < 1.29 is 9.90 Å². The first-order valence-electron chi connectivity index (χ1n) is 6.56. The largest absolute Gasteiger partial charge is 0.389 e. The van der Waals surface area contributed by atoms with Crippen LogP contribution in [-0.4, -0.2) is 33.8 Å². The van der Waals surface area contributed by atoms with Gasteiger partial charge < -0.3 is 5.11 Å². The third kappa shape index (κ3) is 3.06. The number of hydrogen-bond acceptors (Lipinski definition) is 2. The van der Waals surface area contributed by atoms with Gasteiger partial charge in [0, 0.05) is 34.1 Å². The third-order valence-corrected chi connectivity index (χ3v) is 4.24. The maximum atomic E-state index is 10.7. The van der Waals surface area contributed by atoms with E-state index in [0.29, 0.717) is 6.42 Å². The van der Waals surface area contributed by atoms with E-state index in [1.54, 1.807) is 6.08 Å². The van der Waals surface area contributed by atoms with E-state index in [2.05, 4.69) is 30.4 Å². The number of carbonyl (C=O) groups is 1. The number of aliphatic hydroxyl groups is 1. The topological polar surface area (TPSA) is 37.3 Å². The van der Waals surface area contributed by atoms with Gasteiger partial charge in [-0.1, -0.05) is 42.5 Å². The molecule has 0 saturated heterocycles. The number of hydrogen-bond donors (Lipinski definition) is 1. The molecule has 0 aromatic carbocycles. The molecule has 4 heteroatoms. The zero-order chi connectivity index (χ0) is 12.6. The molecular weight excluding hydrogens is 246 g/mol. The van der Waals surface area contributed by atoms with Crippen LogP contribution >= 0.6 is 0 Å². The summed E-state index contributed by atoms with van der Waals surface area (Å²) in [7, 11) is 0. The van der Waals surface area contributed by atoms with Crippen LogP contribution in [-0.2, 0) is 4.79 Å². The van der Waals surface area contributed by atoms with Gasteiger partial charge in [0.1, 0.15) is 0 Å². The van der Waals surface area contributed by atoms with E-state index in [4.69, 9.17) is 5.11 Å². The first-order chi connectivity index (χ1) is 8.62. The number of aliphatic hydroxyl groups excluding tert-OH is 1. The summed E-state index contributed by atoms with van der Waals surface area (Å²) in [4.78, 5) is 10.7. The molecule has 3 unspecified atom stereocenters. The lowest BCUT2D eigenvalue weighted by molar-refractivity contribution is -0.115. The fourth-order valence-electron chi connectivity index (χ4n) is 2.90. The van der Waals surface area contributed by atoms with E-state index in [1.807, 2.05) is 12.2 Å². The molecular formula is C16H18B2O2. The Hall–Kier alpha value is -1.28. The van der Waals surface area contributed by atoms with Crippen molar-refractivity contribution in [3.05, 3.63) is 48.6 Å². The molecule has 4 rings (SSSR count). The molecule has 3 atom stereocenters. The highest BCUT2D eigenvalue weighted by Gasteiger charge is 2.35. The molecule has 0 bridgehead atoms. The van der Waals surface area contributed by atoms with Gasteiger partial charge in [-0.25, -0.2) is 0 Å². The van der Waals surface area contributed by atoms with Gasteiger partial charge in [-0.2, -0.15) is 0 Å². The Morgan fingerprint density at radius 2 is 1.60 bits per heavy atom. The van der Waals surface area contributed by atoms with Crippen molar-refractivity contribution >= 4 is 22.6 Å². The quantitative estimate of drug-likeness (QED) is 0.536. The van der Waals surface area contributed by atoms with E-state index in [1.165, 1.54) is 0 Å². The maximum absolute atomic E-state index is 10.7. The highest BCUT2D eigenvalue weighted by Crippen LogP contribution is 2.43. The molecule has 2 spiro atoms. The summed E-state index contributed by atoms with van der Waals surface area (Å²) in [6.45, 7) is 0. The molecule has 0 saturated carbocycles. The summed E-state index contributed by atoms with van der Waals surface area (Å²) < 4.78 is 0. The van der Waals surface area contributed by atoms with Gasteiger partial charge in [-0.05, 0) is 25.3 Å². The molecule has 20 heavy (non-hydrogen) atoms. The van der Waals surface area contributed by atoms with E-state index in [-0.39, 0.29) is 39.5 Å².